The SMILES string of the molecule is CC1(C(=O)O)CCN(c2cccc(F)c2)CC1. The maximum Gasteiger partial charge on any atom is 0.309 e. The average molecular weight is 237 g/mol. The zero-order valence-corrected chi connectivity index (χ0v) is 9.82. The van der Waals surface area contributed by atoms with Gasteiger partial charge in [-0.15, -0.1) is 0 Å². The molecule has 0 amide bonds. The van der Waals surface area contributed by atoms with Crippen molar-refractivity contribution in [1.82, 2.24) is 0 Å². The van der Waals surface area contributed by atoms with Crippen molar-refractivity contribution in [2.24, 2.45) is 5.41 Å². The number of rotatable bonds is 2. The van der Waals surface area contributed by atoms with Crippen LogP contribution in [0.25, 0.3) is 0 Å². The van der Waals surface area contributed by atoms with Crippen LogP contribution < -0.4 is 4.90 Å². The second-order valence-corrected chi connectivity index (χ2v) is 4.83. The van der Waals surface area contributed by atoms with Gasteiger partial charge in [0.2, 0.25) is 0 Å². The summed E-state index contributed by atoms with van der Waals surface area (Å²) in [6.45, 7) is 3.09. The molecular weight excluding hydrogens is 221 g/mol. The average Bonchev–Trinajstić information content (AvgIpc) is 2.30. The molecule has 1 aliphatic heterocycles. The lowest BCUT2D eigenvalue weighted by Gasteiger charge is -2.37. The highest BCUT2D eigenvalue weighted by Gasteiger charge is 2.36. The summed E-state index contributed by atoms with van der Waals surface area (Å²) in [7, 11) is 0. The van der Waals surface area contributed by atoms with E-state index in [4.69, 9.17) is 5.11 Å². The highest BCUT2D eigenvalue weighted by molar-refractivity contribution is 5.74. The summed E-state index contributed by atoms with van der Waals surface area (Å²) in [6.07, 6.45) is 1.19. The first-order valence-corrected chi connectivity index (χ1v) is 5.75. The van der Waals surface area contributed by atoms with Crippen LogP contribution in [-0.2, 0) is 4.79 Å². The fraction of sp³-hybridized carbons (Fsp3) is 0.462. The van der Waals surface area contributed by atoms with Gasteiger partial charge in [-0.05, 0) is 38.0 Å². The Hall–Kier alpha value is -1.58. The molecule has 0 bridgehead atoms. The minimum Gasteiger partial charge on any atom is -0.481 e. The highest BCUT2D eigenvalue weighted by Crippen LogP contribution is 2.33. The quantitative estimate of drug-likeness (QED) is 0.859. The second kappa shape index (κ2) is 4.35. The third-order valence-corrected chi connectivity index (χ3v) is 3.56. The van der Waals surface area contributed by atoms with Gasteiger partial charge in [-0.2, -0.15) is 0 Å². The summed E-state index contributed by atoms with van der Waals surface area (Å²) in [4.78, 5) is 13.1. The number of nitrogens with zero attached hydrogens (tertiary/aromatic N) is 1. The van der Waals surface area contributed by atoms with Crippen molar-refractivity contribution >= 4 is 11.7 Å². The molecule has 0 radical (unpaired) electrons. The molecule has 1 fully saturated rings. The number of carboxylic acids is 1. The number of benzene rings is 1. The fourth-order valence-electron chi connectivity index (χ4n) is 2.15. The number of carboxylic acid groups (broad SMARTS) is 1. The summed E-state index contributed by atoms with van der Waals surface area (Å²) in [5, 5.41) is 9.12. The summed E-state index contributed by atoms with van der Waals surface area (Å²) in [6, 6.07) is 6.43. The van der Waals surface area contributed by atoms with Gasteiger partial charge in [-0.1, -0.05) is 6.07 Å². The van der Waals surface area contributed by atoms with Crippen LogP contribution in [0.5, 0.6) is 0 Å². The standard InChI is InChI=1S/C13H16FNO2/c1-13(12(16)17)5-7-15(8-6-13)11-4-2-3-10(14)9-11/h2-4,9H,5-8H2,1H3,(H,16,17). The molecule has 2 rings (SSSR count). The van der Waals surface area contributed by atoms with Crippen molar-refractivity contribution in [3.05, 3.63) is 30.1 Å². The van der Waals surface area contributed by atoms with Gasteiger partial charge in [0.25, 0.3) is 0 Å². The van der Waals surface area contributed by atoms with Gasteiger partial charge >= 0.3 is 5.97 Å². The molecule has 1 heterocycles. The minimum atomic E-state index is -0.739. The molecule has 0 unspecified atom stereocenters. The Kier molecular flexibility index (Phi) is 3.05. The van der Waals surface area contributed by atoms with Crippen LogP contribution in [0.2, 0.25) is 0 Å². The van der Waals surface area contributed by atoms with Crippen LogP contribution in [-0.4, -0.2) is 24.2 Å². The predicted molar refractivity (Wildman–Crippen MR) is 63.6 cm³/mol. The molecule has 1 N–H and O–H groups in total. The summed E-state index contributed by atoms with van der Waals surface area (Å²) < 4.78 is 13.1. The largest absolute Gasteiger partial charge is 0.481 e. The fourth-order valence-corrected chi connectivity index (χ4v) is 2.15. The Morgan fingerprint density at radius 1 is 1.41 bits per heavy atom. The van der Waals surface area contributed by atoms with Crippen molar-refractivity contribution < 1.29 is 14.3 Å². The predicted octanol–water partition coefficient (Wildman–Crippen LogP) is 2.52. The molecule has 1 aliphatic rings. The van der Waals surface area contributed by atoms with Crippen LogP contribution in [0, 0.1) is 11.2 Å². The molecule has 3 nitrogen and oxygen atoms in total. The van der Waals surface area contributed by atoms with E-state index in [0.29, 0.717) is 25.9 Å². The number of halogens is 1. The minimum absolute atomic E-state index is 0.255. The van der Waals surface area contributed by atoms with Gasteiger partial charge in [-0.3, -0.25) is 4.79 Å². The number of piperidine rings is 1. The number of aliphatic carboxylic acids is 1. The van der Waals surface area contributed by atoms with E-state index in [1.807, 2.05) is 11.0 Å². The lowest BCUT2D eigenvalue weighted by atomic mass is 9.80. The zero-order valence-electron chi connectivity index (χ0n) is 9.82. The van der Waals surface area contributed by atoms with Gasteiger partial charge < -0.3 is 10.0 Å². The Balaban J connectivity index is 2.07. The molecular formula is C13H16FNO2. The molecule has 1 saturated heterocycles. The Morgan fingerprint density at radius 3 is 2.59 bits per heavy atom. The van der Waals surface area contributed by atoms with Crippen molar-refractivity contribution in [2.45, 2.75) is 19.8 Å². The summed E-state index contributed by atoms with van der Waals surface area (Å²) >= 11 is 0. The molecule has 92 valence electrons. The van der Waals surface area contributed by atoms with E-state index in [1.165, 1.54) is 12.1 Å². The van der Waals surface area contributed by atoms with Crippen LogP contribution >= 0.6 is 0 Å². The molecule has 0 spiro atoms. The van der Waals surface area contributed by atoms with E-state index in [-0.39, 0.29) is 5.82 Å². The number of anilines is 1. The number of hydrogen-bond acceptors (Lipinski definition) is 2. The maximum absolute atomic E-state index is 13.1. The lowest BCUT2D eigenvalue weighted by Crippen LogP contribution is -2.42. The van der Waals surface area contributed by atoms with E-state index in [9.17, 15) is 9.18 Å². The van der Waals surface area contributed by atoms with E-state index < -0.39 is 11.4 Å². The third-order valence-electron chi connectivity index (χ3n) is 3.56. The van der Waals surface area contributed by atoms with Gasteiger partial charge in [0.1, 0.15) is 5.82 Å². The maximum atomic E-state index is 13.1. The third kappa shape index (κ3) is 2.40. The highest BCUT2D eigenvalue weighted by atomic mass is 19.1. The summed E-state index contributed by atoms with van der Waals surface area (Å²) in [5.41, 5.74) is 0.196. The smallest absolute Gasteiger partial charge is 0.309 e. The first-order valence-electron chi connectivity index (χ1n) is 5.75. The molecule has 0 aliphatic carbocycles. The van der Waals surface area contributed by atoms with Crippen molar-refractivity contribution in [3.8, 4) is 0 Å². The molecule has 1 aromatic rings. The Bertz CT molecular complexity index is 425. The molecule has 0 aromatic heterocycles. The topological polar surface area (TPSA) is 40.5 Å². The van der Waals surface area contributed by atoms with E-state index in [1.54, 1.807) is 13.0 Å². The van der Waals surface area contributed by atoms with E-state index >= 15 is 0 Å². The van der Waals surface area contributed by atoms with Crippen LogP contribution in [0.4, 0.5) is 10.1 Å². The van der Waals surface area contributed by atoms with Crippen molar-refractivity contribution in [2.75, 3.05) is 18.0 Å². The summed E-state index contributed by atoms with van der Waals surface area (Å²) in [5.74, 6) is -0.995. The van der Waals surface area contributed by atoms with Crippen LogP contribution in [0.15, 0.2) is 24.3 Å². The van der Waals surface area contributed by atoms with E-state index in [0.717, 1.165) is 5.69 Å². The Labute approximate surface area is 99.9 Å². The molecule has 0 atom stereocenters. The molecule has 1 aromatic carbocycles. The lowest BCUT2D eigenvalue weighted by molar-refractivity contribution is -0.149. The van der Waals surface area contributed by atoms with Crippen molar-refractivity contribution in [3.63, 3.8) is 0 Å². The second-order valence-electron chi connectivity index (χ2n) is 4.83. The van der Waals surface area contributed by atoms with Gasteiger partial charge in [-0.25, -0.2) is 4.39 Å². The monoisotopic (exact) mass is 237 g/mol. The molecule has 0 saturated carbocycles. The zero-order chi connectivity index (χ0) is 12.5. The Morgan fingerprint density at radius 2 is 2.06 bits per heavy atom. The first kappa shape index (κ1) is 11.9. The van der Waals surface area contributed by atoms with Crippen molar-refractivity contribution in [1.29, 1.82) is 0 Å². The van der Waals surface area contributed by atoms with Gasteiger partial charge in [0.05, 0.1) is 5.41 Å². The van der Waals surface area contributed by atoms with Gasteiger partial charge in [0, 0.05) is 18.8 Å². The van der Waals surface area contributed by atoms with Crippen LogP contribution in [0.1, 0.15) is 19.8 Å². The normalized spacial score (nSPS) is 19.1. The van der Waals surface area contributed by atoms with E-state index in [2.05, 4.69) is 0 Å². The number of hydrogen-bond donors (Lipinski definition) is 1. The first-order chi connectivity index (χ1) is 8.01. The van der Waals surface area contributed by atoms with Crippen LogP contribution in [0.3, 0.4) is 0 Å². The molecule has 4 heteroatoms. The van der Waals surface area contributed by atoms with Gasteiger partial charge in [0.15, 0.2) is 0 Å². The molecule has 17 heavy (non-hydrogen) atoms. The number of carbonyl (C=O) groups is 1.